The van der Waals surface area contributed by atoms with Crippen molar-refractivity contribution in [3.8, 4) is 5.75 Å². The van der Waals surface area contributed by atoms with E-state index in [9.17, 15) is 0 Å². The highest BCUT2D eigenvalue weighted by Gasteiger charge is 2.13. The number of hydrogen-bond acceptors (Lipinski definition) is 3. The van der Waals surface area contributed by atoms with Gasteiger partial charge in [-0.3, -0.25) is 0 Å². The van der Waals surface area contributed by atoms with Crippen molar-refractivity contribution >= 4 is 15.9 Å². The lowest BCUT2D eigenvalue weighted by atomic mass is 10.0. The van der Waals surface area contributed by atoms with Crippen molar-refractivity contribution < 1.29 is 9.84 Å². The standard InChI is InChI=1S/C10H14BrNO2/c1-14-10-7(9(12)5-6-13)3-2-4-8(10)11/h2-4,9,13H,5-6,12H2,1H3. The third kappa shape index (κ3) is 2.47. The molecule has 0 spiro atoms. The van der Waals surface area contributed by atoms with Gasteiger partial charge >= 0.3 is 0 Å². The Morgan fingerprint density at radius 3 is 2.86 bits per heavy atom. The molecule has 1 aromatic carbocycles. The van der Waals surface area contributed by atoms with Crippen LogP contribution in [0.2, 0.25) is 0 Å². The lowest BCUT2D eigenvalue weighted by molar-refractivity contribution is 0.275. The summed E-state index contributed by atoms with van der Waals surface area (Å²) in [4.78, 5) is 0. The number of methoxy groups -OCH3 is 1. The summed E-state index contributed by atoms with van der Waals surface area (Å²) in [6.45, 7) is 0.0802. The van der Waals surface area contributed by atoms with Crippen LogP contribution in [0.1, 0.15) is 18.0 Å². The first-order chi connectivity index (χ1) is 6.70. The minimum Gasteiger partial charge on any atom is -0.495 e. The number of halogens is 1. The predicted molar refractivity (Wildman–Crippen MR) is 59.3 cm³/mol. The molecule has 0 aromatic heterocycles. The van der Waals surface area contributed by atoms with Crippen LogP contribution in [0.5, 0.6) is 5.75 Å². The molecule has 0 aliphatic carbocycles. The lowest BCUT2D eigenvalue weighted by Crippen LogP contribution is -2.13. The monoisotopic (exact) mass is 259 g/mol. The highest BCUT2D eigenvalue weighted by atomic mass is 79.9. The maximum absolute atomic E-state index is 8.80. The predicted octanol–water partition coefficient (Wildman–Crippen LogP) is 1.84. The Hall–Kier alpha value is -0.580. The largest absolute Gasteiger partial charge is 0.495 e. The molecule has 0 fully saturated rings. The smallest absolute Gasteiger partial charge is 0.137 e. The van der Waals surface area contributed by atoms with Crippen LogP contribution >= 0.6 is 15.9 Å². The Morgan fingerprint density at radius 1 is 1.57 bits per heavy atom. The van der Waals surface area contributed by atoms with Crippen LogP contribution in [0, 0.1) is 0 Å². The van der Waals surface area contributed by atoms with E-state index in [4.69, 9.17) is 15.6 Å². The van der Waals surface area contributed by atoms with Crippen molar-refractivity contribution in [2.45, 2.75) is 12.5 Å². The molecule has 1 atom stereocenters. The third-order valence-corrected chi connectivity index (χ3v) is 2.67. The van der Waals surface area contributed by atoms with E-state index < -0.39 is 0 Å². The molecule has 3 N–H and O–H groups in total. The van der Waals surface area contributed by atoms with Crippen molar-refractivity contribution in [3.05, 3.63) is 28.2 Å². The zero-order chi connectivity index (χ0) is 10.6. The summed E-state index contributed by atoms with van der Waals surface area (Å²) in [7, 11) is 1.61. The van der Waals surface area contributed by atoms with Crippen molar-refractivity contribution in [2.75, 3.05) is 13.7 Å². The summed E-state index contributed by atoms with van der Waals surface area (Å²) in [6, 6.07) is 5.52. The Kier molecular flexibility index (Phi) is 4.38. The zero-order valence-corrected chi connectivity index (χ0v) is 9.62. The number of hydrogen-bond donors (Lipinski definition) is 2. The molecule has 0 bridgehead atoms. The van der Waals surface area contributed by atoms with Gasteiger partial charge in [0.05, 0.1) is 11.6 Å². The van der Waals surface area contributed by atoms with E-state index in [0.29, 0.717) is 6.42 Å². The molecule has 78 valence electrons. The quantitative estimate of drug-likeness (QED) is 0.868. The first-order valence-electron chi connectivity index (χ1n) is 4.39. The fraction of sp³-hybridized carbons (Fsp3) is 0.400. The Bertz CT molecular complexity index is 304. The average molecular weight is 260 g/mol. The van der Waals surface area contributed by atoms with Gasteiger partial charge in [0.2, 0.25) is 0 Å². The highest BCUT2D eigenvalue weighted by Crippen LogP contribution is 2.32. The molecule has 1 aromatic rings. The number of para-hydroxylation sites is 1. The van der Waals surface area contributed by atoms with Gasteiger partial charge in [0.1, 0.15) is 5.75 Å². The van der Waals surface area contributed by atoms with Crippen LogP contribution in [0.3, 0.4) is 0 Å². The van der Waals surface area contributed by atoms with Crippen LogP contribution in [-0.4, -0.2) is 18.8 Å². The molecule has 4 heteroatoms. The molecule has 1 rings (SSSR count). The number of ether oxygens (including phenoxy) is 1. The molecule has 0 radical (unpaired) electrons. The molecule has 0 aliphatic heterocycles. The van der Waals surface area contributed by atoms with Gasteiger partial charge in [-0.05, 0) is 28.4 Å². The second kappa shape index (κ2) is 5.34. The minimum atomic E-state index is -0.188. The normalized spacial score (nSPS) is 12.6. The summed E-state index contributed by atoms with van der Waals surface area (Å²) < 4.78 is 6.12. The molecule has 0 heterocycles. The number of rotatable bonds is 4. The van der Waals surface area contributed by atoms with Crippen LogP contribution in [0.25, 0.3) is 0 Å². The Labute approximate surface area is 92.0 Å². The second-order valence-corrected chi connectivity index (χ2v) is 3.84. The van der Waals surface area contributed by atoms with Crippen LogP contribution < -0.4 is 10.5 Å². The van der Waals surface area contributed by atoms with Gasteiger partial charge in [0.25, 0.3) is 0 Å². The van der Waals surface area contributed by atoms with Crippen LogP contribution in [-0.2, 0) is 0 Å². The average Bonchev–Trinajstić information content (AvgIpc) is 2.17. The van der Waals surface area contributed by atoms with Crippen molar-refractivity contribution in [3.63, 3.8) is 0 Å². The van der Waals surface area contributed by atoms with Crippen molar-refractivity contribution in [1.82, 2.24) is 0 Å². The van der Waals surface area contributed by atoms with Crippen LogP contribution in [0.4, 0.5) is 0 Å². The number of benzene rings is 1. The summed E-state index contributed by atoms with van der Waals surface area (Å²) >= 11 is 3.38. The van der Waals surface area contributed by atoms with E-state index in [-0.39, 0.29) is 12.6 Å². The molecule has 3 nitrogen and oxygen atoms in total. The maximum Gasteiger partial charge on any atom is 0.137 e. The Balaban J connectivity index is 3.00. The van der Waals surface area contributed by atoms with E-state index in [1.807, 2.05) is 18.2 Å². The number of aliphatic hydroxyl groups excluding tert-OH is 1. The zero-order valence-electron chi connectivity index (χ0n) is 8.03. The van der Waals surface area contributed by atoms with E-state index in [1.54, 1.807) is 7.11 Å². The Morgan fingerprint density at radius 2 is 2.29 bits per heavy atom. The van der Waals surface area contributed by atoms with Gasteiger partial charge < -0.3 is 15.6 Å². The van der Waals surface area contributed by atoms with Crippen molar-refractivity contribution in [1.29, 1.82) is 0 Å². The third-order valence-electron chi connectivity index (χ3n) is 2.04. The van der Waals surface area contributed by atoms with Gasteiger partial charge in [-0.1, -0.05) is 12.1 Å². The molecule has 0 saturated carbocycles. The summed E-state index contributed by atoms with van der Waals surface area (Å²) in [5, 5.41) is 8.80. The molecule has 0 saturated heterocycles. The van der Waals surface area contributed by atoms with E-state index in [0.717, 1.165) is 15.8 Å². The molecule has 0 aliphatic rings. The van der Waals surface area contributed by atoms with E-state index >= 15 is 0 Å². The van der Waals surface area contributed by atoms with Crippen LogP contribution in [0.15, 0.2) is 22.7 Å². The van der Waals surface area contributed by atoms with E-state index in [1.165, 1.54) is 0 Å². The molecule has 14 heavy (non-hydrogen) atoms. The first kappa shape index (κ1) is 11.5. The fourth-order valence-electron chi connectivity index (χ4n) is 1.33. The van der Waals surface area contributed by atoms with Gasteiger partial charge in [-0.25, -0.2) is 0 Å². The highest BCUT2D eigenvalue weighted by molar-refractivity contribution is 9.10. The molecule has 0 amide bonds. The SMILES string of the molecule is COc1c(Br)cccc1C(N)CCO. The molecule has 1 unspecified atom stereocenters. The molecular formula is C10H14BrNO2. The first-order valence-corrected chi connectivity index (χ1v) is 5.18. The topological polar surface area (TPSA) is 55.5 Å². The van der Waals surface area contributed by atoms with E-state index in [2.05, 4.69) is 15.9 Å². The maximum atomic E-state index is 8.80. The van der Waals surface area contributed by atoms with Gasteiger partial charge in [-0.15, -0.1) is 0 Å². The van der Waals surface area contributed by atoms with Crippen molar-refractivity contribution in [2.24, 2.45) is 5.73 Å². The lowest BCUT2D eigenvalue weighted by Gasteiger charge is -2.15. The number of nitrogens with two attached hydrogens (primary N) is 1. The number of aliphatic hydroxyl groups is 1. The van der Waals surface area contributed by atoms with Gasteiger partial charge in [0, 0.05) is 18.2 Å². The molecular weight excluding hydrogens is 246 g/mol. The summed E-state index contributed by atoms with van der Waals surface area (Å²) in [6.07, 6.45) is 0.535. The fourth-order valence-corrected chi connectivity index (χ4v) is 1.87. The summed E-state index contributed by atoms with van der Waals surface area (Å²) in [5.41, 5.74) is 6.80. The summed E-state index contributed by atoms with van der Waals surface area (Å²) in [5.74, 6) is 0.744. The van der Waals surface area contributed by atoms with Gasteiger partial charge in [0.15, 0.2) is 0 Å². The second-order valence-electron chi connectivity index (χ2n) is 2.98. The van der Waals surface area contributed by atoms with Gasteiger partial charge in [-0.2, -0.15) is 0 Å². The minimum absolute atomic E-state index is 0.0802.